The van der Waals surface area contributed by atoms with Gasteiger partial charge in [0.2, 0.25) is 6.79 Å². The molecular weight excluding hydrogens is 252 g/mol. The molecule has 110 valence electrons. The van der Waals surface area contributed by atoms with Crippen LogP contribution in [0.4, 0.5) is 0 Å². The summed E-state index contributed by atoms with van der Waals surface area (Å²) in [5.74, 6) is 1.85. The largest absolute Gasteiger partial charge is 0.454 e. The van der Waals surface area contributed by atoms with Crippen LogP contribution < -0.4 is 19.7 Å². The Labute approximate surface area is 121 Å². The van der Waals surface area contributed by atoms with Crippen molar-refractivity contribution >= 4 is 0 Å². The Morgan fingerprint density at radius 3 is 2.55 bits per heavy atom. The summed E-state index contributed by atoms with van der Waals surface area (Å²) in [5.41, 5.74) is 2.91. The molecule has 3 rings (SSSR count). The molecule has 0 amide bonds. The highest BCUT2D eigenvalue weighted by Crippen LogP contribution is 2.36. The van der Waals surface area contributed by atoms with E-state index in [9.17, 15) is 0 Å². The Bertz CT molecular complexity index is 470. The summed E-state index contributed by atoms with van der Waals surface area (Å²) in [5, 5.41) is 2.43. The van der Waals surface area contributed by atoms with Gasteiger partial charge in [0, 0.05) is 11.1 Å². The van der Waals surface area contributed by atoms with Crippen LogP contribution in [-0.2, 0) is 6.54 Å². The van der Waals surface area contributed by atoms with Gasteiger partial charge in [0.15, 0.2) is 17.5 Å². The molecule has 1 atom stereocenters. The number of nitrogens with two attached hydrogens (primary N) is 1. The van der Waals surface area contributed by atoms with Crippen LogP contribution >= 0.6 is 0 Å². The highest BCUT2D eigenvalue weighted by molar-refractivity contribution is 5.49. The van der Waals surface area contributed by atoms with Gasteiger partial charge < -0.3 is 19.7 Å². The Hall–Kier alpha value is -1.26. The van der Waals surface area contributed by atoms with E-state index in [-0.39, 0.29) is 0 Å². The second kappa shape index (κ2) is 6.02. The fourth-order valence-electron chi connectivity index (χ4n) is 3.54. The normalized spacial score (nSPS) is 20.2. The summed E-state index contributed by atoms with van der Waals surface area (Å²) in [6, 6.07) is 5.02. The van der Waals surface area contributed by atoms with Crippen molar-refractivity contribution < 1.29 is 19.7 Å². The highest BCUT2D eigenvalue weighted by atomic mass is 16.7. The first-order chi connectivity index (χ1) is 9.83. The van der Waals surface area contributed by atoms with Gasteiger partial charge in [0.25, 0.3) is 0 Å². The minimum Gasteiger partial charge on any atom is -0.454 e. The van der Waals surface area contributed by atoms with Crippen molar-refractivity contribution in [1.29, 1.82) is 0 Å². The number of nitrogens with one attached hydrogen (secondary N) is 1. The predicted octanol–water partition coefficient (Wildman–Crippen LogP) is 0.238. The molecule has 2 heterocycles. The standard InChI is InChI=1S/C16H24N2O2/c1-3-5-18(6-4-2)14-10-17-9-12-7-15-16(8-13(12)14)20-11-19-15/h7-8,14,17H,3-6,9-11H2,1-2H3/p+2/t14-/m0/s1. The topological polar surface area (TPSA) is 39.5 Å². The molecule has 1 aromatic rings. The van der Waals surface area contributed by atoms with Gasteiger partial charge in [0.1, 0.15) is 13.1 Å². The van der Waals surface area contributed by atoms with Gasteiger partial charge >= 0.3 is 0 Å². The van der Waals surface area contributed by atoms with E-state index in [4.69, 9.17) is 9.47 Å². The van der Waals surface area contributed by atoms with Crippen molar-refractivity contribution in [3.63, 3.8) is 0 Å². The third-order valence-corrected chi connectivity index (χ3v) is 4.41. The molecule has 0 spiro atoms. The number of benzene rings is 1. The molecule has 4 heteroatoms. The van der Waals surface area contributed by atoms with Crippen molar-refractivity contribution in [2.24, 2.45) is 0 Å². The molecular formula is C16H26N2O2+2. The van der Waals surface area contributed by atoms with Crippen molar-refractivity contribution in [3.8, 4) is 11.5 Å². The number of hydrogen-bond acceptors (Lipinski definition) is 2. The van der Waals surface area contributed by atoms with Gasteiger partial charge in [-0.2, -0.15) is 0 Å². The lowest BCUT2D eigenvalue weighted by Gasteiger charge is -2.31. The van der Waals surface area contributed by atoms with Gasteiger partial charge in [-0.3, -0.25) is 0 Å². The molecule has 0 aromatic heterocycles. The molecule has 0 aliphatic carbocycles. The number of hydrogen-bond donors (Lipinski definition) is 2. The average Bonchev–Trinajstić information content (AvgIpc) is 2.91. The van der Waals surface area contributed by atoms with Gasteiger partial charge in [-0.05, 0) is 25.0 Å². The van der Waals surface area contributed by atoms with E-state index < -0.39 is 0 Å². The molecule has 2 aliphatic heterocycles. The first kappa shape index (κ1) is 13.7. The SMILES string of the molecule is CCC[NH+](CCC)[C@H]1C[NH2+]Cc2cc3c(cc21)OCO3. The van der Waals surface area contributed by atoms with E-state index in [1.165, 1.54) is 43.6 Å². The lowest BCUT2D eigenvalue weighted by atomic mass is 9.94. The van der Waals surface area contributed by atoms with Crippen LogP contribution in [0.1, 0.15) is 43.9 Å². The van der Waals surface area contributed by atoms with Gasteiger partial charge in [-0.1, -0.05) is 13.8 Å². The van der Waals surface area contributed by atoms with Gasteiger partial charge in [0.05, 0.1) is 13.1 Å². The maximum Gasteiger partial charge on any atom is 0.231 e. The minimum absolute atomic E-state index is 0.368. The van der Waals surface area contributed by atoms with Crippen LogP contribution in [0.2, 0.25) is 0 Å². The zero-order chi connectivity index (χ0) is 13.9. The molecule has 4 nitrogen and oxygen atoms in total. The second-order valence-corrected chi connectivity index (χ2v) is 5.84. The summed E-state index contributed by atoms with van der Waals surface area (Å²) in [7, 11) is 0. The van der Waals surface area contributed by atoms with Gasteiger partial charge in [-0.15, -0.1) is 0 Å². The number of rotatable bonds is 5. The monoisotopic (exact) mass is 278 g/mol. The van der Waals surface area contributed by atoms with E-state index in [2.05, 4.69) is 31.3 Å². The quantitative estimate of drug-likeness (QED) is 0.810. The molecule has 0 unspecified atom stereocenters. The number of fused-ring (bicyclic) bond motifs is 2. The van der Waals surface area contributed by atoms with Crippen LogP contribution in [0.5, 0.6) is 11.5 Å². The Kier molecular flexibility index (Phi) is 4.13. The minimum atomic E-state index is 0.368. The van der Waals surface area contributed by atoms with Crippen LogP contribution in [-0.4, -0.2) is 26.4 Å². The summed E-state index contributed by atoms with van der Waals surface area (Å²) < 4.78 is 11.1. The fraction of sp³-hybridized carbons (Fsp3) is 0.625. The third kappa shape index (κ3) is 2.50. The average molecular weight is 278 g/mol. The van der Waals surface area contributed by atoms with E-state index in [1.807, 2.05) is 0 Å². The molecule has 2 aliphatic rings. The number of ether oxygens (including phenoxy) is 2. The smallest absolute Gasteiger partial charge is 0.231 e. The Balaban J connectivity index is 1.92. The summed E-state index contributed by atoms with van der Waals surface area (Å²) >= 11 is 0. The molecule has 0 saturated carbocycles. The van der Waals surface area contributed by atoms with Crippen LogP contribution in [0.25, 0.3) is 0 Å². The lowest BCUT2D eigenvalue weighted by Crippen LogP contribution is -3.15. The first-order valence-corrected chi connectivity index (χ1v) is 7.92. The third-order valence-electron chi connectivity index (χ3n) is 4.41. The Morgan fingerprint density at radius 1 is 1.15 bits per heavy atom. The van der Waals surface area contributed by atoms with E-state index in [0.29, 0.717) is 12.8 Å². The maximum atomic E-state index is 5.57. The first-order valence-electron chi connectivity index (χ1n) is 7.92. The molecule has 0 bridgehead atoms. The van der Waals surface area contributed by atoms with E-state index in [0.717, 1.165) is 18.0 Å². The fourth-order valence-corrected chi connectivity index (χ4v) is 3.54. The molecule has 20 heavy (non-hydrogen) atoms. The lowest BCUT2D eigenvalue weighted by molar-refractivity contribution is -0.948. The van der Waals surface area contributed by atoms with E-state index in [1.54, 1.807) is 4.90 Å². The van der Waals surface area contributed by atoms with Crippen LogP contribution in [0.3, 0.4) is 0 Å². The highest BCUT2D eigenvalue weighted by Gasteiger charge is 2.33. The van der Waals surface area contributed by atoms with Crippen molar-refractivity contribution in [1.82, 2.24) is 0 Å². The Morgan fingerprint density at radius 2 is 1.85 bits per heavy atom. The molecule has 1 aromatic carbocycles. The summed E-state index contributed by atoms with van der Waals surface area (Å²) in [6.07, 6.45) is 2.48. The molecule has 3 N–H and O–H groups in total. The zero-order valence-corrected chi connectivity index (χ0v) is 12.6. The predicted molar refractivity (Wildman–Crippen MR) is 77.1 cm³/mol. The summed E-state index contributed by atoms with van der Waals surface area (Å²) in [4.78, 5) is 1.71. The molecule has 0 radical (unpaired) electrons. The zero-order valence-electron chi connectivity index (χ0n) is 12.6. The number of quaternary nitrogens is 2. The van der Waals surface area contributed by atoms with Crippen LogP contribution in [0.15, 0.2) is 12.1 Å². The van der Waals surface area contributed by atoms with E-state index >= 15 is 0 Å². The maximum absolute atomic E-state index is 5.57. The van der Waals surface area contributed by atoms with Crippen LogP contribution in [0, 0.1) is 0 Å². The second-order valence-electron chi connectivity index (χ2n) is 5.84. The van der Waals surface area contributed by atoms with Crippen molar-refractivity contribution in [2.45, 2.75) is 39.3 Å². The van der Waals surface area contributed by atoms with Crippen molar-refractivity contribution in [3.05, 3.63) is 23.3 Å². The molecule has 0 saturated heterocycles. The van der Waals surface area contributed by atoms with Crippen molar-refractivity contribution in [2.75, 3.05) is 26.4 Å². The van der Waals surface area contributed by atoms with Gasteiger partial charge in [-0.25, -0.2) is 0 Å². The summed E-state index contributed by atoms with van der Waals surface area (Å²) in [6.45, 7) is 9.68. The molecule has 0 fully saturated rings.